The summed E-state index contributed by atoms with van der Waals surface area (Å²) < 4.78 is 5.30. The summed E-state index contributed by atoms with van der Waals surface area (Å²) in [4.78, 5) is 9.01. The largest absolute Gasteiger partial charge is 0.357 e. The second-order valence-electron chi connectivity index (χ2n) is 6.80. The lowest BCUT2D eigenvalue weighted by Gasteiger charge is -2.11. The fourth-order valence-electron chi connectivity index (χ4n) is 2.00. The van der Waals surface area contributed by atoms with Gasteiger partial charge in [-0.2, -0.15) is 4.98 Å². The molecule has 7 heteroatoms. The van der Waals surface area contributed by atoms with E-state index in [1.54, 1.807) is 0 Å². The molecule has 0 radical (unpaired) electrons. The van der Waals surface area contributed by atoms with E-state index in [0.717, 1.165) is 12.5 Å². The van der Waals surface area contributed by atoms with Gasteiger partial charge in [0.1, 0.15) is 0 Å². The van der Waals surface area contributed by atoms with Gasteiger partial charge in [0, 0.05) is 12.0 Å². The summed E-state index contributed by atoms with van der Waals surface area (Å²) in [6.45, 7) is 12.1. The average Bonchev–Trinajstić information content (AvgIpc) is 3.01. The molecule has 0 saturated heterocycles. The molecule has 0 fully saturated rings. The predicted molar refractivity (Wildman–Crippen MR) is 111 cm³/mol. The van der Waals surface area contributed by atoms with Crippen molar-refractivity contribution in [1.29, 1.82) is 0 Å². The first-order chi connectivity index (χ1) is 11.4. The Labute approximate surface area is 166 Å². The van der Waals surface area contributed by atoms with Crippen molar-refractivity contribution < 1.29 is 4.52 Å². The van der Waals surface area contributed by atoms with Crippen LogP contribution in [0.25, 0.3) is 0 Å². The van der Waals surface area contributed by atoms with E-state index in [1.165, 1.54) is 11.1 Å². The number of rotatable bonds is 5. The molecule has 2 aromatic rings. The molecule has 0 bridgehead atoms. The maximum absolute atomic E-state index is 5.30. The molecule has 0 aliphatic rings. The third-order valence-electron chi connectivity index (χ3n) is 3.41. The molecule has 0 unspecified atom stereocenters. The van der Waals surface area contributed by atoms with Gasteiger partial charge in [-0.25, -0.2) is 4.99 Å². The highest BCUT2D eigenvalue weighted by Gasteiger charge is 2.21. The van der Waals surface area contributed by atoms with E-state index >= 15 is 0 Å². The second kappa shape index (κ2) is 9.74. The number of guanidine groups is 1. The molecule has 0 aliphatic carbocycles. The van der Waals surface area contributed by atoms with Gasteiger partial charge in [-0.3, -0.25) is 0 Å². The standard InChI is InChI=1S/C18H27N5O.HI/c1-6-19-17(20-11-14-9-7-13(2)8-10-14)21-12-15-22-16(24-23-15)18(3,4)5;/h7-10H,6,11-12H2,1-5H3,(H2,19,20,21);1H. The second-order valence-corrected chi connectivity index (χ2v) is 6.80. The van der Waals surface area contributed by atoms with E-state index in [2.05, 4.69) is 57.0 Å². The van der Waals surface area contributed by atoms with Gasteiger partial charge >= 0.3 is 0 Å². The van der Waals surface area contributed by atoms with E-state index in [1.807, 2.05) is 27.7 Å². The highest BCUT2D eigenvalue weighted by Crippen LogP contribution is 2.19. The molecule has 138 valence electrons. The summed E-state index contributed by atoms with van der Waals surface area (Å²) in [7, 11) is 0. The minimum atomic E-state index is -0.144. The summed E-state index contributed by atoms with van der Waals surface area (Å²) in [5.74, 6) is 2.00. The zero-order valence-corrected chi connectivity index (χ0v) is 17.9. The summed E-state index contributed by atoms with van der Waals surface area (Å²) >= 11 is 0. The Morgan fingerprint density at radius 2 is 1.84 bits per heavy atom. The van der Waals surface area contributed by atoms with Gasteiger partial charge in [0.2, 0.25) is 5.89 Å². The lowest BCUT2D eigenvalue weighted by molar-refractivity contribution is 0.318. The molecule has 0 aliphatic heterocycles. The summed E-state index contributed by atoms with van der Waals surface area (Å²) in [5, 5.41) is 10.5. The number of aromatic nitrogens is 2. The molecule has 6 nitrogen and oxygen atoms in total. The number of aryl methyl sites for hydroxylation is 1. The molecule has 1 aromatic heterocycles. The van der Waals surface area contributed by atoms with Crippen molar-refractivity contribution in [2.45, 2.75) is 53.1 Å². The van der Waals surface area contributed by atoms with Crippen LogP contribution in [0, 0.1) is 6.92 Å². The zero-order chi connectivity index (χ0) is 17.6. The fraction of sp³-hybridized carbons (Fsp3) is 0.500. The average molecular weight is 457 g/mol. The first-order valence-electron chi connectivity index (χ1n) is 8.29. The molecule has 0 amide bonds. The molecule has 0 atom stereocenters. The summed E-state index contributed by atoms with van der Waals surface area (Å²) in [5.41, 5.74) is 2.28. The van der Waals surface area contributed by atoms with E-state index < -0.39 is 0 Å². The van der Waals surface area contributed by atoms with Gasteiger partial charge in [0.05, 0.1) is 13.1 Å². The van der Waals surface area contributed by atoms with E-state index in [4.69, 9.17) is 4.52 Å². The SMILES string of the molecule is CCNC(=NCc1ccc(C)cc1)NCc1noc(C(C)(C)C)n1.I. The molecule has 0 saturated carbocycles. The molecule has 2 N–H and O–H groups in total. The first-order valence-corrected chi connectivity index (χ1v) is 8.29. The molecular weight excluding hydrogens is 429 g/mol. The normalized spacial score (nSPS) is 11.8. The van der Waals surface area contributed by atoms with Crippen molar-refractivity contribution >= 4 is 29.9 Å². The monoisotopic (exact) mass is 457 g/mol. The maximum Gasteiger partial charge on any atom is 0.232 e. The van der Waals surface area contributed by atoms with Gasteiger partial charge in [-0.1, -0.05) is 55.8 Å². The van der Waals surface area contributed by atoms with E-state index in [-0.39, 0.29) is 29.4 Å². The van der Waals surface area contributed by atoms with Crippen LogP contribution in [-0.2, 0) is 18.5 Å². The van der Waals surface area contributed by atoms with Gasteiger partial charge in [-0.15, -0.1) is 24.0 Å². The van der Waals surface area contributed by atoms with Gasteiger partial charge in [0.25, 0.3) is 0 Å². The van der Waals surface area contributed by atoms with E-state index in [0.29, 0.717) is 24.8 Å². The Bertz CT molecular complexity index is 674. The van der Waals surface area contributed by atoms with Crippen LogP contribution in [-0.4, -0.2) is 22.6 Å². The quantitative estimate of drug-likeness (QED) is 0.408. The number of nitrogens with one attached hydrogen (secondary N) is 2. The lowest BCUT2D eigenvalue weighted by atomic mass is 9.97. The third kappa shape index (κ3) is 7.01. The van der Waals surface area contributed by atoms with Gasteiger partial charge in [-0.05, 0) is 19.4 Å². The molecule has 1 heterocycles. The number of hydrogen-bond donors (Lipinski definition) is 2. The summed E-state index contributed by atoms with van der Waals surface area (Å²) in [6.07, 6.45) is 0. The van der Waals surface area contributed by atoms with Gasteiger partial charge < -0.3 is 15.2 Å². The minimum Gasteiger partial charge on any atom is -0.357 e. The predicted octanol–water partition coefficient (Wildman–Crippen LogP) is 3.55. The zero-order valence-electron chi connectivity index (χ0n) is 15.6. The topological polar surface area (TPSA) is 75.3 Å². The van der Waals surface area contributed by atoms with Crippen LogP contribution in [0.2, 0.25) is 0 Å². The summed E-state index contributed by atoms with van der Waals surface area (Å²) in [6, 6.07) is 8.38. The minimum absolute atomic E-state index is 0. The van der Waals surface area contributed by atoms with Gasteiger partial charge in [0.15, 0.2) is 11.8 Å². The van der Waals surface area contributed by atoms with Crippen molar-refractivity contribution in [3.63, 3.8) is 0 Å². The Morgan fingerprint density at radius 3 is 2.40 bits per heavy atom. The van der Waals surface area contributed by atoms with Crippen LogP contribution in [0.3, 0.4) is 0 Å². The first kappa shape index (κ1) is 21.4. The van der Waals surface area contributed by atoms with Crippen molar-refractivity contribution in [2.24, 2.45) is 4.99 Å². The Hall–Kier alpha value is -1.64. The van der Waals surface area contributed by atoms with Crippen molar-refractivity contribution in [3.8, 4) is 0 Å². The van der Waals surface area contributed by atoms with Crippen molar-refractivity contribution in [2.75, 3.05) is 6.54 Å². The van der Waals surface area contributed by atoms with Crippen LogP contribution >= 0.6 is 24.0 Å². The van der Waals surface area contributed by atoms with Crippen LogP contribution in [0.5, 0.6) is 0 Å². The van der Waals surface area contributed by atoms with Crippen LogP contribution in [0.15, 0.2) is 33.8 Å². The third-order valence-corrected chi connectivity index (χ3v) is 3.41. The molecule has 1 aromatic carbocycles. The van der Waals surface area contributed by atoms with Crippen LogP contribution < -0.4 is 10.6 Å². The smallest absolute Gasteiger partial charge is 0.232 e. The van der Waals surface area contributed by atoms with Crippen LogP contribution in [0.4, 0.5) is 0 Å². The van der Waals surface area contributed by atoms with E-state index in [9.17, 15) is 0 Å². The van der Waals surface area contributed by atoms with Crippen LogP contribution in [0.1, 0.15) is 50.5 Å². The number of hydrogen-bond acceptors (Lipinski definition) is 4. The Morgan fingerprint density at radius 1 is 1.16 bits per heavy atom. The lowest BCUT2D eigenvalue weighted by Crippen LogP contribution is -2.37. The highest BCUT2D eigenvalue weighted by molar-refractivity contribution is 14.0. The Balaban J connectivity index is 0.00000312. The number of halogens is 1. The highest BCUT2D eigenvalue weighted by atomic mass is 127. The molecule has 0 spiro atoms. The number of nitrogens with zero attached hydrogens (tertiary/aromatic N) is 3. The maximum atomic E-state index is 5.30. The Kier molecular flexibility index (Phi) is 8.34. The fourth-order valence-corrected chi connectivity index (χ4v) is 2.00. The number of aliphatic imine (C=N–C) groups is 1. The molecular formula is C18H28IN5O. The van der Waals surface area contributed by atoms with Crippen molar-refractivity contribution in [3.05, 3.63) is 47.1 Å². The number of benzene rings is 1. The van der Waals surface area contributed by atoms with Crippen molar-refractivity contribution in [1.82, 2.24) is 20.8 Å². The molecule has 25 heavy (non-hydrogen) atoms. The molecule has 2 rings (SSSR count).